The van der Waals surface area contributed by atoms with Crippen molar-refractivity contribution in [3.8, 4) is 0 Å². The Bertz CT molecular complexity index is 1260. The van der Waals surface area contributed by atoms with Gasteiger partial charge >= 0.3 is 0 Å². The number of pyridine rings is 1. The van der Waals surface area contributed by atoms with E-state index < -0.39 is 41.0 Å². The maximum atomic E-state index is 13.7. The Kier molecular flexibility index (Phi) is 6.80. The quantitative estimate of drug-likeness (QED) is 0.487. The molecule has 3 aromatic rings. The van der Waals surface area contributed by atoms with Gasteiger partial charge in [-0.05, 0) is 55.7 Å². The van der Waals surface area contributed by atoms with Crippen LogP contribution in [0.25, 0.3) is 0 Å². The number of anilines is 2. The van der Waals surface area contributed by atoms with Gasteiger partial charge in [0.15, 0.2) is 0 Å². The van der Waals surface area contributed by atoms with Crippen LogP contribution in [0.2, 0.25) is 0 Å². The average molecular weight is 472 g/mol. The molecule has 0 radical (unpaired) electrons. The zero-order valence-corrected chi connectivity index (χ0v) is 20.0. The molecule has 1 heterocycles. The molecule has 1 aliphatic carbocycles. The van der Waals surface area contributed by atoms with Crippen molar-refractivity contribution in [3.05, 3.63) is 89.7 Å². The van der Waals surface area contributed by atoms with Crippen LogP contribution in [0.4, 0.5) is 11.4 Å². The number of rotatable bonds is 5. The first-order chi connectivity index (χ1) is 16.7. The third-order valence-electron chi connectivity index (χ3n) is 6.71. The fourth-order valence-corrected chi connectivity index (χ4v) is 4.91. The molecule has 1 saturated carbocycles. The number of carbonyl (C=O) groups is 3. The van der Waals surface area contributed by atoms with Gasteiger partial charge in [-0.1, -0.05) is 42.5 Å². The first-order valence-electron chi connectivity index (χ1n) is 11.6. The van der Waals surface area contributed by atoms with Gasteiger partial charge in [-0.15, -0.1) is 0 Å². The molecule has 2 aromatic carbocycles. The highest BCUT2D eigenvalue weighted by Gasteiger charge is 2.56. The summed E-state index contributed by atoms with van der Waals surface area (Å²) < 4.78 is 0. The Morgan fingerprint density at radius 2 is 1.49 bits per heavy atom. The van der Waals surface area contributed by atoms with Crippen LogP contribution in [0, 0.1) is 25.7 Å². The minimum Gasteiger partial charge on any atom is -0.389 e. The zero-order chi connectivity index (χ0) is 25.2. The number of amides is 2. The summed E-state index contributed by atoms with van der Waals surface area (Å²) in [6, 6.07) is 18.0. The summed E-state index contributed by atoms with van der Waals surface area (Å²) in [6.07, 6.45) is 2.81. The number of ketones is 1. The molecule has 0 saturated heterocycles. The molecule has 4 atom stereocenters. The second-order valence-electron chi connectivity index (χ2n) is 9.38. The maximum absolute atomic E-state index is 13.7. The van der Waals surface area contributed by atoms with E-state index in [0.29, 0.717) is 16.9 Å². The molecule has 1 aliphatic rings. The summed E-state index contributed by atoms with van der Waals surface area (Å²) in [7, 11) is 0. The lowest BCUT2D eigenvalue weighted by atomic mass is 9.61. The second kappa shape index (κ2) is 9.80. The molecule has 0 spiro atoms. The van der Waals surface area contributed by atoms with E-state index >= 15 is 0 Å². The van der Waals surface area contributed by atoms with Crippen LogP contribution < -0.4 is 10.6 Å². The molecule has 3 N–H and O–H groups in total. The van der Waals surface area contributed by atoms with E-state index in [4.69, 9.17) is 0 Å². The van der Waals surface area contributed by atoms with Crippen molar-refractivity contribution in [2.75, 3.05) is 10.6 Å². The molecule has 35 heavy (non-hydrogen) atoms. The number of aromatic nitrogens is 1. The van der Waals surface area contributed by atoms with Crippen LogP contribution in [0.15, 0.2) is 73.1 Å². The number of hydrogen-bond acceptors (Lipinski definition) is 5. The Hall–Kier alpha value is -3.84. The van der Waals surface area contributed by atoms with Crippen molar-refractivity contribution in [2.24, 2.45) is 11.8 Å². The number of hydrogen-bond donors (Lipinski definition) is 3. The van der Waals surface area contributed by atoms with Gasteiger partial charge in [-0.2, -0.15) is 0 Å². The Morgan fingerprint density at radius 1 is 0.914 bits per heavy atom. The van der Waals surface area contributed by atoms with Gasteiger partial charge in [0.1, 0.15) is 11.7 Å². The largest absolute Gasteiger partial charge is 0.389 e. The third kappa shape index (κ3) is 5.00. The zero-order valence-electron chi connectivity index (χ0n) is 20.0. The summed E-state index contributed by atoms with van der Waals surface area (Å²) >= 11 is 0. The van der Waals surface area contributed by atoms with Gasteiger partial charge in [0.05, 0.1) is 11.5 Å². The number of para-hydroxylation sites is 2. The van der Waals surface area contributed by atoms with E-state index in [0.717, 1.165) is 11.1 Å². The first-order valence-corrected chi connectivity index (χ1v) is 11.6. The average Bonchev–Trinajstić information content (AvgIpc) is 2.81. The predicted octanol–water partition coefficient (Wildman–Crippen LogP) is 4.02. The number of nitrogens with zero attached hydrogens (tertiary/aromatic N) is 1. The molecule has 2 amide bonds. The molecule has 1 fully saturated rings. The van der Waals surface area contributed by atoms with E-state index in [2.05, 4.69) is 15.6 Å². The molecule has 0 unspecified atom stereocenters. The smallest absolute Gasteiger partial charge is 0.235 e. The van der Waals surface area contributed by atoms with Gasteiger partial charge in [0, 0.05) is 36.1 Å². The molecule has 1 aromatic heterocycles. The molecule has 4 rings (SSSR count). The van der Waals surface area contributed by atoms with Crippen LogP contribution >= 0.6 is 0 Å². The maximum Gasteiger partial charge on any atom is 0.235 e. The molecule has 0 bridgehead atoms. The minimum atomic E-state index is -1.66. The highest BCUT2D eigenvalue weighted by atomic mass is 16.3. The van der Waals surface area contributed by atoms with E-state index in [1.54, 1.807) is 42.7 Å². The van der Waals surface area contributed by atoms with Crippen LogP contribution in [0.3, 0.4) is 0 Å². The van der Waals surface area contributed by atoms with Crippen molar-refractivity contribution in [2.45, 2.75) is 38.7 Å². The summed E-state index contributed by atoms with van der Waals surface area (Å²) in [4.78, 5) is 44.7. The molecular weight excluding hydrogens is 442 g/mol. The highest BCUT2D eigenvalue weighted by molar-refractivity contribution is 6.10. The van der Waals surface area contributed by atoms with Crippen LogP contribution in [0.5, 0.6) is 0 Å². The number of nitrogens with one attached hydrogen (secondary N) is 2. The number of aryl methyl sites for hydroxylation is 2. The van der Waals surface area contributed by atoms with Crippen molar-refractivity contribution in [1.82, 2.24) is 4.98 Å². The summed E-state index contributed by atoms with van der Waals surface area (Å²) in [5.74, 6) is -4.55. The SMILES string of the molecule is Cc1ccccc1NC(=O)[C@@H]1C(=O)C[C@](C)(O)[C@@H](C(=O)Nc2ccccc2C)[C@H]1c1cccnc1. The third-order valence-corrected chi connectivity index (χ3v) is 6.71. The van der Waals surface area contributed by atoms with Crippen molar-refractivity contribution in [3.63, 3.8) is 0 Å². The summed E-state index contributed by atoms with van der Waals surface area (Å²) in [6.45, 7) is 5.21. The van der Waals surface area contributed by atoms with Gasteiger partial charge in [-0.3, -0.25) is 19.4 Å². The van der Waals surface area contributed by atoms with E-state index in [1.165, 1.54) is 6.92 Å². The lowest BCUT2D eigenvalue weighted by Gasteiger charge is -2.44. The fourth-order valence-electron chi connectivity index (χ4n) is 4.91. The van der Waals surface area contributed by atoms with Gasteiger partial charge < -0.3 is 15.7 Å². The molecular formula is C28H29N3O4. The molecule has 0 aliphatic heterocycles. The second-order valence-corrected chi connectivity index (χ2v) is 9.38. The van der Waals surface area contributed by atoms with Crippen LogP contribution in [0.1, 0.15) is 36.0 Å². The van der Waals surface area contributed by atoms with Crippen LogP contribution in [-0.4, -0.2) is 33.3 Å². The Balaban J connectivity index is 1.76. The Labute approximate surface area is 204 Å². The van der Waals surface area contributed by atoms with E-state index in [9.17, 15) is 19.5 Å². The van der Waals surface area contributed by atoms with E-state index in [-0.39, 0.29) is 6.42 Å². The summed E-state index contributed by atoms with van der Waals surface area (Å²) in [5.41, 5.74) is 1.78. The first kappa shape index (κ1) is 24.3. The van der Waals surface area contributed by atoms with Gasteiger partial charge in [0.25, 0.3) is 0 Å². The fraction of sp³-hybridized carbons (Fsp3) is 0.286. The normalized spacial score (nSPS) is 24.0. The molecule has 180 valence electrons. The number of carbonyl (C=O) groups excluding carboxylic acids is 3. The number of Topliss-reactive ketones (excluding diaryl/α,β-unsaturated/α-hetero) is 1. The molecule has 7 heteroatoms. The van der Waals surface area contributed by atoms with Crippen molar-refractivity contribution < 1.29 is 19.5 Å². The highest BCUT2D eigenvalue weighted by Crippen LogP contribution is 2.46. The lowest BCUT2D eigenvalue weighted by Crippen LogP contribution is -2.56. The topological polar surface area (TPSA) is 108 Å². The Morgan fingerprint density at radius 3 is 2.03 bits per heavy atom. The van der Waals surface area contributed by atoms with E-state index in [1.807, 2.05) is 44.2 Å². The standard InChI is InChI=1S/C28H29N3O4/c1-17-9-4-6-12-20(17)30-26(33)24-22(32)15-28(3,35)25(23(24)19-11-8-14-29-16-19)27(34)31-21-13-7-5-10-18(21)2/h4-14,16,23-25,35H,15H2,1-3H3,(H,30,33)(H,31,34)/t23-,24+,25+,28-/m0/s1. The van der Waals surface area contributed by atoms with Gasteiger partial charge in [0.2, 0.25) is 11.8 Å². The van der Waals surface area contributed by atoms with Crippen LogP contribution in [-0.2, 0) is 14.4 Å². The lowest BCUT2D eigenvalue weighted by molar-refractivity contribution is -0.150. The summed E-state index contributed by atoms with van der Waals surface area (Å²) in [5, 5.41) is 17.1. The minimum absolute atomic E-state index is 0.318. The van der Waals surface area contributed by atoms with Crippen molar-refractivity contribution >= 4 is 29.0 Å². The van der Waals surface area contributed by atoms with Gasteiger partial charge in [-0.25, -0.2) is 0 Å². The number of aliphatic hydroxyl groups is 1. The predicted molar refractivity (Wildman–Crippen MR) is 134 cm³/mol. The van der Waals surface area contributed by atoms with Crippen molar-refractivity contribution in [1.29, 1.82) is 0 Å². The molecule has 7 nitrogen and oxygen atoms in total. The number of benzene rings is 2. The monoisotopic (exact) mass is 471 g/mol.